The van der Waals surface area contributed by atoms with Gasteiger partial charge in [0.15, 0.2) is 5.82 Å². The van der Waals surface area contributed by atoms with Crippen molar-refractivity contribution in [2.45, 2.75) is 56.5 Å². The number of hydrogen-bond acceptors (Lipinski definition) is 6. The van der Waals surface area contributed by atoms with E-state index in [1.54, 1.807) is 6.33 Å². The molecule has 2 fully saturated rings. The maximum Gasteiger partial charge on any atom is 0.159 e. The minimum atomic E-state index is -0.599. The lowest BCUT2D eigenvalue weighted by atomic mass is 9.80. The van der Waals surface area contributed by atoms with Crippen molar-refractivity contribution in [3.8, 4) is 11.9 Å². The standard InChI is InChI=1S/C23H26N6O/c1-22(30)8-10-28(11-9-22)20-13-21(26-16-25-20)29-19-12-18(5-4-17(19)14-27-29)23(15-24)6-2-3-7-23/h4-5,12-14,16,30H,2-3,6-11H2,1H3. The first kappa shape index (κ1) is 19.0. The Kier molecular flexibility index (Phi) is 4.48. The fourth-order valence-corrected chi connectivity index (χ4v) is 4.79. The van der Waals surface area contributed by atoms with Crippen LogP contribution < -0.4 is 4.90 Å². The van der Waals surface area contributed by atoms with Crippen LogP contribution in [-0.2, 0) is 5.41 Å². The van der Waals surface area contributed by atoms with Crippen molar-refractivity contribution in [3.05, 3.63) is 42.4 Å². The molecule has 2 aliphatic rings. The molecule has 1 aliphatic heterocycles. The number of nitriles is 1. The molecule has 0 radical (unpaired) electrons. The maximum atomic E-state index is 10.2. The lowest BCUT2D eigenvalue weighted by molar-refractivity contribution is 0.0350. The zero-order valence-corrected chi connectivity index (χ0v) is 17.3. The second kappa shape index (κ2) is 7.06. The highest BCUT2D eigenvalue weighted by Crippen LogP contribution is 2.41. The van der Waals surface area contributed by atoms with Crippen molar-refractivity contribution in [3.63, 3.8) is 0 Å². The number of aliphatic hydroxyl groups is 1. The van der Waals surface area contributed by atoms with Gasteiger partial charge >= 0.3 is 0 Å². The third kappa shape index (κ3) is 3.21. The zero-order chi connectivity index (χ0) is 20.8. The highest BCUT2D eigenvalue weighted by molar-refractivity contribution is 5.81. The second-order valence-corrected chi connectivity index (χ2v) is 8.95. The van der Waals surface area contributed by atoms with E-state index in [2.05, 4.69) is 44.2 Å². The molecule has 1 aromatic carbocycles. The minimum Gasteiger partial charge on any atom is -0.390 e. The molecule has 1 N–H and O–H groups in total. The van der Waals surface area contributed by atoms with Gasteiger partial charge < -0.3 is 10.0 Å². The molecule has 0 bridgehead atoms. The summed E-state index contributed by atoms with van der Waals surface area (Å²) in [6.45, 7) is 3.41. The largest absolute Gasteiger partial charge is 0.390 e. The van der Waals surface area contributed by atoms with Gasteiger partial charge in [0, 0.05) is 24.5 Å². The van der Waals surface area contributed by atoms with Crippen LogP contribution in [0.3, 0.4) is 0 Å². The smallest absolute Gasteiger partial charge is 0.159 e. The van der Waals surface area contributed by atoms with E-state index in [4.69, 9.17) is 0 Å². The van der Waals surface area contributed by atoms with Crippen molar-refractivity contribution in [2.24, 2.45) is 0 Å². The Balaban J connectivity index is 1.51. The quantitative estimate of drug-likeness (QED) is 0.721. The number of nitrogens with zero attached hydrogens (tertiary/aromatic N) is 6. The van der Waals surface area contributed by atoms with E-state index in [0.29, 0.717) is 5.82 Å². The van der Waals surface area contributed by atoms with Gasteiger partial charge in [-0.25, -0.2) is 14.6 Å². The number of aromatic nitrogens is 4. The molecule has 0 unspecified atom stereocenters. The summed E-state index contributed by atoms with van der Waals surface area (Å²) in [7, 11) is 0. The molecule has 5 rings (SSSR count). The van der Waals surface area contributed by atoms with E-state index in [0.717, 1.165) is 73.9 Å². The molecule has 0 atom stereocenters. The second-order valence-electron chi connectivity index (χ2n) is 8.95. The number of anilines is 1. The van der Waals surface area contributed by atoms with E-state index < -0.39 is 5.60 Å². The number of benzene rings is 1. The summed E-state index contributed by atoms with van der Waals surface area (Å²) in [5.41, 5.74) is 1.05. The Labute approximate surface area is 176 Å². The van der Waals surface area contributed by atoms with Crippen molar-refractivity contribution in [1.29, 1.82) is 5.26 Å². The average molecular weight is 403 g/mol. The van der Waals surface area contributed by atoms with Gasteiger partial charge in [-0.05, 0) is 44.2 Å². The van der Waals surface area contributed by atoms with E-state index in [1.165, 1.54) is 0 Å². The Morgan fingerprint density at radius 1 is 1.03 bits per heavy atom. The lowest BCUT2D eigenvalue weighted by Gasteiger charge is -2.36. The Bertz CT molecular complexity index is 1110. The number of rotatable bonds is 3. The van der Waals surface area contributed by atoms with Gasteiger partial charge in [0.2, 0.25) is 0 Å². The molecule has 7 nitrogen and oxygen atoms in total. The van der Waals surface area contributed by atoms with Gasteiger partial charge in [0.25, 0.3) is 0 Å². The molecule has 0 amide bonds. The van der Waals surface area contributed by atoms with Crippen molar-refractivity contribution in [1.82, 2.24) is 19.7 Å². The van der Waals surface area contributed by atoms with Gasteiger partial charge in [-0.2, -0.15) is 10.4 Å². The summed E-state index contributed by atoms with van der Waals surface area (Å²) >= 11 is 0. The van der Waals surface area contributed by atoms with Crippen molar-refractivity contribution in [2.75, 3.05) is 18.0 Å². The summed E-state index contributed by atoms with van der Waals surface area (Å²) in [4.78, 5) is 11.1. The van der Waals surface area contributed by atoms with E-state index >= 15 is 0 Å². The third-order valence-corrected chi connectivity index (χ3v) is 6.81. The van der Waals surface area contributed by atoms with E-state index in [1.807, 2.05) is 23.9 Å². The molecule has 154 valence electrons. The molecule has 1 saturated heterocycles. The van der Waals surface area contributed by atoms with Crippen LogP contribution in [0.4, 0.5) is 5.82 Å². The Morgan fingerprint density at radius 3 is 2.50 bits per heavy atom. The van der Waals surface area contributed by atoms with Gasteiger partial charge in [-0.3, -0.25) is 0 Å². The first-order valence-electron chi connectivity index (χ1n) is 10.7. The monoisotopic (exact) mass is 402 g/mol. The van der Waals surface area contributed by atoms with Crippen LogP contribution in [-0.4, -0.2) is 43.5 Å². The van der Waals surface area contributed by atoms with E-state index in [9.17, 15) is 10.4 Å². The highest BCUT2D eigenvalue weighted by Gasteiger charge is 2.36. The first-order chi connectivity index (χ1) is 14.5. The van der Waals surface area contributed by atoms with Crippen LogP contribution in [0.25, 0.3) is 16.7 Å². The van der Waals surface area contributed by atoms with Crippen LogP contribution >= 0.6 is 0 Å². The fourth-order valence-electron chi connectivity index (χ4n) is 4.79. The molecule has 1 aliphatic carbocycles. The average Bonchev–Trinajstić information content (AvgIpc) is 3.41. The summed E-state index contributed by atoms with van der Waals surface area (Å²) in [6.07, 6.45) is 8.88. The molecule has 3 aromatic rings. The van der Waals surface area contributed by atoms with Gasteiger partial charge in [0.1, 0.15) is 12.1 Å². The predicted molar refractivity (Wildman–Crippen MR) is 114 cm³/mol. The molecule has 7 heteroatoms. The summed E-state index contributed by atoms with van der Waals surface area (Å²) < 4.78 is 1.84. The van der Waals surface area contributed by atoms with Gasteiger partial charge in [-0.1, -0.05) is 25.0 Å². The molecular weight excluding hydrogens is 376 g/mol. The van der Waals surface area contributed by atoms with Crippen LogP contribution in [0.1, 0.15) is 51.0 Å². The van der Waals surface area contributed by atoms with Crippen molar-refractivity contribution < 1.29 is 5.11 Å². The molecule has 30 heavy (non-hydrogen) atoms. The highest BCUT2D eigenvalue weighted by atomic mass is 16.3. The third-order valence-electron chi connectivity index (χ3n) is 6.81. The summed E-state index contributed by atoms with van der Waals surface area (Å²) in [6, 6.07) is 10.8. The topological polar surface area (TPSA) is 90.9 Å². The molecule has 1 saturated carbocycles. The number of hydrogen-bond donors (Lipinski definition) is 1. The Hall–Kier alpha value is -2.98. The van der Waals surface area contributed by atoms with Crippen LogP contribution in [0.2, 0.25) is 0 Å². The van der Waals surface area contributed by atoms with Gasteiger partial charge in [0.05, 0.1) is 28.8 Å². The van der Waals surface area contributed by atoms with Crippen LogP contribution in [0.5, 0.6) is 0 Å². The molecule has 2 aromatic heterocycles. The lowest BCUT2D eigenvalue weighted by Crippen LogP contribution is -2.42. The molecular formula is C23H26N6O. The van der Waals surface area contributed by atoms with Crippen molar-refractivity contribution >= 4 is 16.7 Å². The summed E-state index contributed by atoms with van der Waals surface area (Å²) in [5.74, 6) is 1.56. The van der Waals surface area contributed by atoms with Crippen LogP contribution in [0, 0.1) is 11.3 Å². The molecule has 3 heterocycles. The number of piperidine rings is 1. The fraction of sp³-hybridized carbons (Fsp3) is 0.478. The molecule has 0 spiro atoms. The first-order valence-corrected chi connectivity index (χ1v) is 10.7. The summed E-state index contributed by atoms with van der Waals surface area (Å²) in [5, 5.41) is 25.7. The zero-order valence-electron chi connectivity index (χ0n) is 17.3. The maximum absolute atomic E-state index is 10.2. The number of fused-ring (bicyclic) bond motifs is 1. The Morgan fingerprint density at radius 2 is 1.77 bits per heavy atom. The normalized spacial score (nSPS) is 20.4. The SMILES string of the molecule is CC1(O)CCN(c2cc(-n3ncc4ccc(C5(C#N)CCCC5)cc43)ncn2)CC1. The minimum absolute atomic E-state index is 0.384. The van der Waals surface area contributed by atoms with Gasteiger partial charge in [-0.15, -0.1) is 0 Å². The van der Waals surface area contributed by atoms with E-state index in [-0.39, 0.29) is 5.41 Å². The predicted octanol–water partition coefficient (Wildman–Crippen LogP) is 3.50. The van der Waals surface area contributed by atoms with Crippen LogP contribution in [0.15, 0.2) is 36.8 Å².